The first-order valence-corrected chi connectivity index (χ1v) is 8.69. The highest BCUT2D eigenvalue weighted by atomic mass is 35.5. The third-order valence-electron chi connectivity index (χ3n) is 4.31. The molecular weight excluding hydrogens is 312 g/mol. The van der Waals surface area contributed by atoms with Crippen LogP contribution in [0.1, 0.15) is 24.5 Å². The maximum Gasteiger partial charge on any atom is 0.0406 e. The van der Waals surface area contributed by atoms with Crippen LogP contribution in [-0.2, 0) is 6.42 Å². The number of allylic oxidation sites excluding steroid dienone is 2. The van der Waals surface area contributed by atoms with Crippen molar-refractivity contribution in [2.24, 2.45) is 0 Å². The first-order chi connectivity index (χ1) is 11.8. The van der Waals surface area contributed by atoms with E-state index in [0.29, 0.717) is 0 Å². The summed E-state index contributed by atoms with van der Waals surface area (Å²) in [7, 11) is 0. The van der Waals surface area contributed by atoms with Crippen LogP contribution < -0.4 is 0 Å². The molecule has 0 aromatic heterocycles. The first kappa shape index (κ1) is 16.5. The topological polar surface area (TPSA) is 0 Å². The van der Waals surface area contributed by atoms with E-state index in [1.165, 1.54) is 27.8 Å². The number of aryl methyl sites for hydroxylation is 1. The molecule has 0 aliphatic rings. The predicted octanol–water partition coefficient (Wildman–Crippen LogP) is 7.04. The van der Waals surface area contributed by atoms with Crippen LogP contribution in [0.4, 0.5) is 0 Å². The van der Waals surface area contributed by atoms with E-state index in [2.05, 4.69) is 73.7 Å². The lowest BCUT2D eigenvalue weighted by atomic mass is 9.96. The molecule has 0 unspecified atom stereocenters. The Labute approximate surface area is 149 Å². The zero-order valence-electron chi connectivity index (χ0n) is 13.9. The minimum atomic E-state index is 0.793. The molecule has 0 aliphatic carbocycles. The molecule has 3 rings (SSSR count). The van der Waals surface area contributed by atoms with Crippen molar-refractivity contribution in [1.82, 2.24) is 0 Å². The van der Waals surface area contributed by atoms with Crippen molar-refractivity contribution in [2.75, 3.05) is 0 Å². The van der Waals surface area contributed by atoms with E-state index in [-0.39, 0.29) is 0 Å². The number of hydrogen-bond donors (Lipinski definition) is 0. The van der Waals surface area contributed by atoms with Crippen molar-refractivity contribution in [3.63, 3.8) is 0 Å². The Hall–Kier alpha value is -2.31. The summed E-state index contributed by atoms with van der Waals surface area (Å²) in [5.74, 6) is 0. The van der Waals surface area contributed by atoms with Crippen LogP contribution in [-0.4, -0.2) is 0 Å². The molecule has 120 valence electrons. The Morgan fingerprint density at radius 2 is 1.42 bits per heavy atom. The molecule has 0 aliphatic heterocycles. The van der Waals surface area contributed by atoms with Gasteiger partial charge in [-0.2, -0.15) is 0 Å². The largest absolute Gasteiger partial charge is 0.0843 e. The van der Waals surface area contributed by atoms with Gasteiger partial charge in [0.15, 0.2) is 0 Å². The summed E-state index contributed by atoms with van der Waals surface area (Å²) >= 11 is 5.95. The Morgan fingerprint density at radius 1 is 0.792 bits per heavy atom. The van der Waals surface area contributed by atoms with Gasteiger partial charge in [-0.25, -0.2) is 0 Å². The zero-order chi connectivity index (χ0) is 16.8. The van der Waals surface area contributed by atoms with Crippen molar-refractivity contribution in [2.45, 2.75) is 19.8 Å². The number of rotatable bonds is 5. The summed E-state index contributed by atoms with van der Waals surface area (Å²) in [4.78, 5) is 0. The van der Waals surface area contributed by atoms with Crippen LogP contribution in [0.25, 0.3) is 16.7 Å². The maximum atomic E-state index is 5.95. The van der Waals surface area contributed by atoms with Crippen LogP contribution in [0.15, 0.2) is 84.9 Å². The lowest BCUT2D eigenvalue weighted by Gasteiger charge is -2.09. The maximum absolute atomic E-state index is 5.95. The van der Waals surface area contributed by atoms with E-state index >= 15 is 0 Å². The second-order valence-electron chi connectivity index (χ2n) is 5.88. The van der Waals surface area contributed by atoms with Gasteiger partial charge >= 0.3 is 0 Å². The third-order valence-corrected chi connectivity index (χ3v) is 4.56. The van der Waals surface area contributed by atoms with E-state index in [1.54, 1.807) is 0 Å². The molecule has 0 radical (unpaired) electrons. The highest BCUT2D eigenvalue weighted by Gasteiger charge is 2.03. The van der Waals surface area contributed by atoms with Crippen LogP contribution >= 0.6 is 11.6 Å². The van der Waals surface area contributed by atoms with Gasteiger partial charge in [0.2, 0.25) is 0 Å². The van der Waals surface area contributed by atoms with Crippen molar-refractivity contribution in [1.29, 1.82) is 0 Å². The van der Waals surface area contributed by atoms with Gasteiger partial charge in [-0.15, -0.1) is 0 Å². The fraction of sp³-hybridized carbons (Fsp3) is 0.130. The van der Waals surface area contributed by atoms with E-state index in [9.17, 15) is 0 Å². The van der Waals surface area contributed by atoms with Gasteiger partial charge in [0.05, 0.1) is 0 Å². The van der Waals surface area contributed by atoms with E-state index < -0.39 is 0 Å². The normalized spacial score (nSPS) is 11.5. The predicted molar refractivity (Wildman–Crippen MR) is 105 cm³/mol. The summed E-state index contributed by atoms with van der Waals surface area (Å²) in [6.07, 6.45) is 4.27. The molecule has 0 amide bonds. The average Bonchev–Trinajstić information content (AvgIpc) is 2.65. The molecule has 0 spiro atoms. The molecule has 3 aromatic carbocycles. The highest BCUT2D eigenvalue weighted by Crippen LogP contribution is 2.25. The quantitative estimate of drug-likeness (QED) is 0.470. The Balaban J connectivity index is 1.71. The van der Waals surface area contributed by atoms with Crippen LogP contribution in [0.5, 0.6) is 0 Å². The summed E-state index contributed by atoms with van der Waals surface area (Å²) in [5.41, 5.74) is 6.51. The van der Waals surface area contributed by atoms with E-state index in [1.807, 2.05) is 18.2 Å². The van der Waals surface area contributed by atoms with Gasteiger partial charge in [-0.05, 0) is 59.7 Å². The zero-order valence-corrected chi connectivity index (χ0v) is 14.6. The van der Waals surface area contributed by atoms with Crippen molar-refractivity contribution < 1.29 is 0 Å². The number of benzene rings is 3. The fourth-order valence-electron chi connectivity index (χ4n) is 2.89. The van der Waals surface area contributed by atoms with Gasteiger partial charge in [0.1, 0.15) is 0 Å². The molecule has 1 heteroatoms. The molecule has 24 heavy (non-hydrogen) atoms. The van der Waals surface area contributed by atoms with Gasteiger partial charge in [-0.3, -0.25) is 0 Å². The Kier molecular flexibility index (Phi) is 5.51. The van der Waals surface area contributed by atoms with Gasteiger partial charge in [0.25, 0.3) is 0 Å². The standard InChI is InChI=1S/C23H21Cl/c1-2-19(11-8-18-9-16-23(24)17-10-18)21-12-14-22(15-13-21)20-6-4-3-5-7-20/h2-7,9-10,12-17H,8,11H2,1H3/b19-2-. The Bertz CT molecular complexity index is 797. The summed E-state index contributed by atoms with van der Waals surface area (Å²) in [6.45, 7) is 2.11. The Morgan fingerprint density at radius 3 is 2.04 bits per heavy atom. The van der Waals surface area contributed by atoms with E-state index in [4.69, 9.17) is 11.6 Å². The van der Waals surface area contributed by atoms with Crippen LogP contribution in [0.2, 0.25) is 5.02 Å². The molecule has 3 aromatic rings. The molecule has 0 N–H and O–H groups in total. The van der Waals surface area contributed by atoms with Gasteiger partial charge in [-0.1, -0.05) is 84.4 Å². The van der Waals surface area contributed by atoms with Crippen molar-refractivity contribution in [3.05, 3.63) is 101 Å². The first-order valence-electron chi connectivity index (χ1n) is 8.32. The SMILES string of the molecule is C/C=C(/CCc1ccc(Cl)cc1)c1ccc(-c2ccccc2)cc1. The van der Waals surface area contributed by atoms with Crippen LogP contribution in [0.3, 0.4) is 0 Å². The van der Waals surface area contributed by atoms with Crippen molar-refractivity contribution in [3.8, 4) is 11.1 Å². The van der Waals surface area contributed by atoms with Crippen molar-refractivity contribution >= 4 is 17.2 Å². The third kappa shape index (κ3) is 4.15. The molecule has 0 atom stereocenters. The smallest absolute Gasteiger partial charge is 0.0406 e. The lowest BCUT2D eigenvalue weighted by molar-refractivity contribution is 1.01. The monoisotopic (exact) mass is 332 g/mol. The minimum Gasteiger partial charge on any atom is -0.0843 e. The molecule has 0 heterocycles. The lowest BCUT2D eigenvalue weighted by Crippen LogP contribution is -1.90. The average molecular weight is 333 g/mol. The molecular formula is C23H21Cl. The second-order valence-corrected chi connectivity index (χ2v) is 6.32. The number of halogens is 1. The molecule has 0 bridgehead atoms. The second kappa shape index (κ2) is 7.99. The highest BCUT2D eigenvalue weighted by molar-refractivity contribution is 6.30. The molecule has 0 saturated carbocycles. The van der Waals surface area contributed by atoms with Crippen LogP contribution in [0, 0.1) is 0 Å². The molecule has 0 saturated heterocycles. The number of hydrogen-bond acceptors (Lipinski definition) is 0. The summed E-state index contributed by atoms with van der Waals surface area (Å²) < 4.78 is 0. The fourth-order valence-corrected chi connectivity index (χ4v) is 3.02. The van der Waals surface area contributed by atoms with Gasteiger partial charge in [0, 0.05) is 5.02 Å². The molecule has 0 fully saturated rings. The van der Waals surface area contributed by atoms with Gasteiger partial charge < -0.3 is 0 Å². The summed E-state index contributed by atoms with van der Waals surface area (Å²) in [5, 5.41) is 0.793. The minimum absolute atomic E-state index is 0.793. The van der Waals surface area contributed by atoms with E-state index in [0.717, 1.165) is 17.9 Å². The molecule has 0 nitrogen and oxygen atoms in total. The summed E-state index contributed by atoms with van der Waals surface area (Å²) in [6, 6.07) is 27.5.